The van der Waals surface area contributed by atoms with Crippen molar-refractivity contribution in [2.75, 3.05) is 33.3 Å². The number of methoxy groups -OCH3 is 1. The van der Waals surface area contributed by atoms with Gasteiger partial charge in [-0.1, -0.05) is 18.9 Å². The average Bonchev–Trinajstić information content (AvgIpc) is 3.22. The monoisotopic (exact) mass is 477 g/mol. The van der Waals surface area contributed by atoms with E-state index < -0.39 is 22.0 Å². The molecule has 0 spiro atoms. The molecular formula is C23H31N3O6S. The van der Waals surface area contributed by atoms with Crippen molar-refractivity contribution in [2.45, 2.75) is 56.0 Å². The summed E-state index contributed by atoms with van der Waals surface area (Å²) in [6.45, 7) is 2.56. The summed E-state index contributed by atoms with van der Waals surface area (Å²) in [6, 6.07) is 5.37. The van der Waals surface area contributed by atoms with E-state index in [0.29, 0.717) is 19.5 Å². The largest absolute Gasteiger partial charge is 0.467 e. The molecule has 0 aromatic heterocycles. The number of nitrogens with zero attached hydrogens (tertiary/aromatic N) is 3. The predicted octanol–water partition coefficient (Wildman–Crippen LogP) is 1.49. The molecule has 0 N–H and O–H groups in total. The maximum atomic E-state index is 13.6. The molecule has 33 heavy (non-hydrogen) atoms. The van der Waals surface area contributed by atoms with Crippen molar-refractivity contribution in [3.8, 4) is 0 Å². The van der Waals surface area contributed by atoms with Gasteiger partial charge in [0, 0.05) is 44.7 Å². The van der Waals surface area contributed by atoms with Crippen molar-refractivity contribution in [1.82, 2.24) is 14.1 Å². The van der Waals surface area contributed by atoms with Gasteiger partial charge in [0.15, 0.2) is 0 Å². The number of sulfonamides is 1. The topological polar surface area (TPSA) is 104 Å². The fourth-order valence-corrected chi connectivity index (χ4v) is 6.90. The number of likely N-dealkylation sites (tertiary alicyclic amines) is 1. The van der Waals surface area contributed by atoms with Crippen molar-refractivity contribution in [3.05, 3.63) is 29.8 Å². The van der Waals surface area contributed by atoms with Gasteiger partial charge in [-0.2, -0.15) is 4.31 Å². The smallest absolute Gasteiger partial charge is 0.328 e. The third-order valence-corrected chi connectivity index (χ3v) is 9.09. The second-order valence-corrected chi connectivity index (χ2v) is 11.0. The van der Waals surface area contributed by atoms with E-state index in [0.717, 1.165) is 25.7 Å². The molecule has 3 fully saturated rings. The van der Waals surface area contributed by atoms with Gasteiger partial charge in [-0.3, -0.25) is 9.59 Å². The van der Waals surface area contributed by atoms with Crippen LogP contribution in [0, 0.1) is 5.92 Å². The summed E-state index contributed by atoms with van der Waals surface area (Å²) in [6.07, 6.45) is 4.48. The van der Waals surface area contributed by atoms with Crippen LogP contribution >= 0.6 is 0 Å². The van der Waals surface area contributed by atoms with E-state index >= 15 is 0 Å². The van der Waals surface area contributed by atoms with Crippen molar-refractivity contribution < 1.29 is 27.5 Å². The highest BCUT2D eigenvalue weighted by molar-refractivity contribution is 7.89. The molecule has 2 aliphatic heterocycles. The Morgan fingerprint density at radius 1 is 1.03 bits per heavy atom. The highest BCUT2D eigenvalue weighted by Gasteiger charge is 2.48. The second-order valence-electron chi connectivity index (χ2n) is 9.04. The van der Waals surface area contributed by atoms with Crippen LogP contribution in [-0.4, -0.2) is 85.7 Å². The molecule has 3 atom stereocenters. The Labute approximate surface area is 194 Å². The molecule has 4 rings (SSSR count). The number of carbonyl (C=O) groups is 3. The van der Waals surface area contributed by atoms with Crippen molar-refractivity contribution in [1.29, 1.82) is 0 Å². The molecule has 3 unspecified atom stereocenters. The first-order valence-corrected chi connectivity index (χ1v) is 12.9. The molecule has 1 saturated carbocycles. The van der Waals surface area contributed by atoms with Gasteiger partial charge < -0.3 is 14.5 Å². The summed E-state index contributed by atoms with van der Waals surface area (Å²) in [4.78, 5) is 40.9. The minimum Gasteiger partial charge on any atom is -0.467 e. The Bertz CT molecular complexity index is 1030. The molecular weight excluding hydrogens is 446 g/mol. The van der Waals surface area contributed by atoms with Gasteiger partial charge in [-0.25, -0.2) is 13.2 Å². The van der Waals surface area contributed by atoms with E-state index in [4.69, 9.17) is 4.74 Å². The number of carbonyl (C=O) groups excluding carboxylic acids is 3. The van der Waals surface area contributed by atoms with Crippen LogP contribution in [0.15, 0.2) is 29.2 Å². The number of esters is 1. The molecule has 2 saturated heterocycles. The number of rotatable bonds is 4. The van der Waals surface area contributed by atoms with Crippen LogP contribution in [0.4, 0.5) is 0 Å². The lowest BCUT2D eigenvalue weighted by Gasteiger charge is -2.34. The van der Waals surface area contributed by atoms with Gasteiger partial charge in [0.05, 0.1) is 12.0 Å². The summed E-state index contributed by atoms with van der Waals surface area (Å²) in [7, 11) is -2.49. The molecule has 1 aliphatic carbocycles. The van der Waals surface area contributed by atoms with E-state index in [-0.39, 0.29) is 47.3 Å². The van der Waals surface area contributed by atoms with Gasteiger partial charge in [-0.15, -0.1) is 0 Å². The zero-order chi connectivity index (χ0) is 23.8. The Kier molecular flexibility index (Phi) is 6.76. The molecule has 9 nitrogen and oxygen atoms in total. The van der Waals surface area contributed by atoms with Crippen LogP contribution < -0.4 is 0 Å². The molecule has 10 heteroatoms. The standard InChI is InChI=1S/C23H31N3O6S/c1-16(27)24-10-12-25(13-11-24)33(30,31)19-8-5-7-18(14-19)22(28)26-20-9-4-3-6-17(20)15-21(26)23(29)32-2/h5,7-8,14,17,20-21H,3-4,6,9-13,15H2,1-2H3. The molecule has 180 valence electrons. The Morgan fingerprint density at radius 2 is 1.73 bits per heavy atom. The number of hydrogen-bond acceptors (Lipinski definition) is 6. The molecule has 3 aliphatic rings. The fourth-order valence-electron chi connectivity index (χ4n) is 5.43. The highest BCUT2D eigenvalue weighted by atomic mass is 32.2. The quantitative estimate of drug-likeness (QED) is 0.609. The summed E-state index contributed by atoms with van der Waals surface area (Å²) in [5.74, 6) is -0.578. The lowest BCUT2D eigenvalue weighted by molar-refractivity contribution is -0.145. The first-order valence-electron chi connectivity index (χ1n) is 11.5. The van der Waals surface area contributed by atoms with Crippen LogP contribution in [0.1, 0.15) is 49.4 Å². The highest BCUT2D eigenvalue weighted by Crippen LogP contribution is 2.41. The van der Waals surface area contributed by atoms with Gasteiger partial charge in [0.25, 0.3) is 5.91 Å². The summed E-state index contributed by atoms with van der Waals surface area (Å²) in [5.41, 5.74) is 0.249. The molecule has 2 amide bonds. The lowest BCUT2D eigenvalue weighted by atomic mass is 9.84. The van der Waals surface area contributed by atoms with Gasteiger partial charge >= 0.3 is 5.97 Å². The SMILES string of the molecule is COC(=O)C1CC2CCCCC2N1C(=O)c1cccc(S(=O)(=O)N2CCN(C(C)=O)CC2)c1. The van der Waals surface area contributed by atoms with E-state index in [1.54, 1.807) is 21.9 Å². The average molecular weight is 478 g/mol. The minimum atomic E-state index is -3.82. The third-order valence-electron chi connectivity index (χ3n) is 7.20. The molecule has 1 aromatic rings. The Hall–Kier alpha value is -2.46. The van der Waals surface area contributed by atoms with Crippen molar-refractivity contribution >= 4 is 27.8 Å². The number of piperazine rings is 1. The number of fused-ring (bicyclic) bond motifs is 1. The minimum absolute atomic E-state index is 0.0322. The molecule has 0 radical (unpaired) electrons. The van der Waals surface area contributed by atoms with Crippen molar-refractivity contribution in [2.24, 2.45) is 5.92 Å². The molecule has 2 heterocycles. The van der Waals surface area contributed by atoms with Crippen LogP contribution in [0.5, 0.6) is 0 Å². The van der Waals surface area contributed by atoms with E-state index in [1.165, 1.54) is 30.5 Å². The lowest BCUT2D eigenvalue weighted by Crippen LogP contribution is -2.50. The predicted molar refractivity (Wildman–Crippen MR) is 120 cm³/mol. The molecule has 0 bridgehead atoms. The van der Waals surface area contributed by atoms with E-state index in [9.17, 15) is 22.8 Å². The number of ether oxygens (including phenoxy) is 1. The zero-order valence-corrected chi connectivity index (χ0v) is 19.9. The van der Waals surface area contributed by atoms with Gasteiger partial charge in [-0.05, 0) is 43.4 Å². The number of hydrogen-bond donors (Lipinski definition) is 0. The van der Waals surface area contributed by atoms with Crippen molar-refractivity contribution in [3.63, 3.8) is 0 Å². The first-order chi connectivity index (χ1) is 15.7. The summed E-state index contributed by atoms with van der Waals surface area (Å²) in [5, 5.41) is 0. The van der Waals surface area contributed by atoms with Crippen LogP contribution in [-0.2, 0) is 24.3 Å². The summed E-state index contributed by atoms with van der Waals surface area (Å²) < 4.78 is 32.8. The molecule has 1 aromatic carbocycles. The summed E-state index contributed by atoms with van der Waals surface area (Å²) >= 11 is 0. The van der Waals surface area contributed by atoms with Crippen LogP contribution in [0.3, 0.4) is 0 Å². The van der Waals surface area contributed by atoms with Crippen LogP contribution in [0.2, 0.25) is 0 Å². The van der Waals surface area contributed by atoms with Gasteiger partial charge in [0.2, 0.25) is 15.9 Å². The number of amides is 2. The second kappa shape index (κ2) is 9.42. The fraction of sp³-hybridized carbons (Fsp3) is 0.609. The third kappa shape index (κ3) is 4.50. The maximum Gasteiger partial charge on any atom is 0.328 e. The van der Waals surface area contributed by atoms with Crippen LogP contribution in [0.25, 0.3) is 0 Å². The Balaban J connectivity index is 1.58. The number of benzene rings is 1. The first kappa shape index (κ1) is 23.7. The normalized spacial score (nSPS) is 26.1. The van der Waals surface area contributed by atoms with E-state index in [1.807, 2.05) is 0 Å². The van der Waals surface area contributed by atoms with E-state index in [2.05, 4.69) is 0 Å². The Morgan fingerprint density at radius 3 is 2.39 bits per heavy atom. The zero-order valence-electron chi connectivity index (χ0n) is 19.1. The maximum absolute atomic E-state index is 13.6. The van der Waals surface area contributed by atoms with Gasteiger partial charge in [0.1, 0.15) is 6.04 Å².